The quantitative estimate of drug-likeness (QED) is 0.0198. The summed E-state index contributed by atoms with van der Waals surface area (Å²) in [4.78, 5) is 39.1. The first-order chi connectivity index (χ1) is 29.6. The van der Waals surface area contributed by atoms with Crippen LogP contribution in [0.2, 0.25) is 0 Å². The second-order valence-corrected chi connectivity index (χ2v) is 16.4. The minimum atomic E-state index is -0.597. The topological polar surface area (TPSA) is 164 Å². The molecule has 3 aromatic carbocycles. The Hall–Kier alpha value is -6.29. The van der Waals surface area contributed by atoms with Crippen molar-refractivity contribution < 1.29 is 34.0 Å². The first kappa shape index (κ1) is 44.3. The van der Waals surface area contributed by atoms with Crippen LogP contribution in [-0.4, -0.2) is 55.8 Å². The Morgan fingerprint density at radius 2 is 1.59 bits per heavy atom. The van der Waals surface area contributed by atoms with E-state index in [0.29, 0.717) is 23.9 Å². The second-order valence-electron chi connectivity index (χ2n) is 16.4. The number of carbonyl (C=O) groups excluding carboxylic acids is 2. The molecular formula is C48H58N6O7. The molecule has 322 valence electrons. The Morgan fingerprint density at radius 1 is 0.934 bits per heavy atom. The van der Waals surface area contributed by atoms with Gasteiger partial charge in [-0.3, -0.25) is 4.79 Å². The lowest BCUT2D eigenvalue weighted by molar-refractivity contribution is -0.0249. The van der Waals surface area contributed by atoms with Gasteiger partial charge in [0.25, 0.3) is 5.91 Å². The summed E-state index contributed by atoms with van der Waals surface area (Å²) in [5.74, 6) is 0.158. The predicted molar refractivity (Wildman–Crippen MR) is 237 cm³/mol. The molecule has 0 spiro atoms. The largest absolute Gasteiger partial charge is 0.507 e. The number of hydrogen-bond donors (Lipinski definition) is 4. The van der Waals surface area contributed by atoms with E-state index >= 15 is 0 Å². The van der Waals surface area contributed by atoms with Gasteiger partial charge >= 0.3 is 5.97 Å². The fourth-order valence-electron chi connectivity index (χ4n) is 8.36. The summed E-state index contributed by atoms with van der Waals surface area (Å²) in [6, 6.07) is 16.1. The number of phenolic OH excluding ortho intramolecular Hbond substituents is 2. The van der Waals surface area contributed by atoms with Gasteiger partial charge in [-0.25, -0.2) is 19.1 Å². The van der Waals surface area contributed by atoms with E-state index in [-0.39, 0.29) is 74.8 Å². The van der Waals surface area contributed by atoms with E-state index in [1.807, 2.05) is 0 Å². The molecule has 0 aliphatic heterocycles. The fourth-order valence-corrected chi connectivity index (χ4v) is 8.36. The molecule has 1 aliphatic carbocycles. The number of aliphatic imine (C=N–C) groups is 1. The Balaban J connectivity index is 1.33. The molecule has 2 heterocycles. The number of nitrogens with zero attached hydrogens (tertiary/aromatic N) is 4. The van der Waals surface area contributed by atoms with Crippen LogP contribution in [0.15, 0.2) is 71.9 Å². The van der Waals surface area contributed by atoms with Crippen molar-refractivity contribution in [3.05, 3.63) is 89.4 Å². The van der Waals surface area contributed by atoms with Gasteiger partial charge < -0.3 is 34.7 Å². The van der Waals surface area contributed by atoms with E-state index in [1.165, 1.54) is 73.8 Å². The predicted octanol–water partition coefficient (Wildman–Crippen LogP) is 11.8. The summed E-state index contributed by atoms with van der Waals surface area (Å²) in [7, 11) is 0. The third-order valence-electron chi connectivity index (χ3n) is 11.4. The van der Waals surface area contributed by atoms with E-state index < -0.39 is 11.9 Å². The standard InChI is InChI=1S/C48H58N6O7/c1-6-7-8-9-10-11-12-13-14-19-24-59-44-36(50-30-60-41-23-18-17-22-40(41)56)27-34(28-37(44)51-47(57)35-20-15-16-21-39(35)55)45-52-46-42(38(49-5)29-54(46)53-45)48(58)61-43-32(3)25-31(2)26-33(43)4/h15-18,20-23,27-33,43,55-56H,6-14,19,24-26H2,1-4H3,(H,51,57)(H,52,53). The zero-order chi connectivity index (χ0) is 43.3. The summed E-state index contributed by atoms with van der Waals surface area (Å²) in [6.45, 7) is 16.8. The van der Waals surface area contributed by atoms with Crippen molar-refractivity contribution in [1.82, 2.24) is 14.6 Å². The van der Waals surface area contributed by atoms with Crippen molar-refractivity contribution >= 4 is 41.0 Å². The maximum absolute atomic E-state index is 13.9. The maximum Gasteiger partial charge on any atom is 0.331 e. The number of rotatable bonds is 20. The highest BCUT2D eigenvalue weighted by atomic mass is 16.5. The van der Waals surface area contributed by atoms with E-state index in [0.717, 1.165) is 38.5 Å². The third-order valence-corrected chi connectivity index (χ3v) is 11.4. The van der Waals surface area contributed by atoms with Crippen molar-refractivity contribution in [1.29, 1.82) is 0 Å². The van der Waals surface area contributed by atoms with E-state index in [9.17, 15) is 19.8 Å². The van der Waals surface area contributed by atoms with Crippen LogP contribution in [0.3, 0.4) is 0 Å². The van der Waals surface area contributed by atoms with Crippen molar-refractivity contribution in [2.75, 3.05) is 11.9 Å². The van der Waals surface area contributed by atoms with Crippen LogP contribution in [0.4, 0.5) is 17.1 Å². The molecule has 0 saturated heterocycles. The van der Waals surface area contributed by atoms with Crippen molar-refractivity contribution in [2.24, 2.45) is 22.7 Å². The fraction of sp³-hybridized carbons (Fsp3) is 0.438. The summed E-state index contributed by atoms with van der Waals surface area (Å²) in [5.41, 5.74) is 1.49. The number of fused-ring (bicyclic) bond motifs is 1. The van der Waals surface area contributed by atoms with Crippen LogP contribution >= 0.6 is 0 Å². The molecule has 2 atom stereocenters. The van der Waals surface area contributed by atoms with Gasteiger partial charge in [-0.15, -0.1) is 5.10 Å². The summed E-state index contributed by atoms with van der Waals surface area (Å²) in [6.07, 6.45) is 15.8. The van der Waals surface area contributed by atoms with Gasteiger partial charge in [0.05, 0.1) is 24.4 Å². The minimum absolute atomic E-state index is 0.0552. The molecule has 1 aliphatic rings. The number of carbonyl (C=O) groups is 2. The number of esters is 1. The molecule has 6 rings (SSSR count). The van der Waals surface area contributed by atoms with Crippen LogP contribution in [0.1, 0.15) is 125 Å². The van der Waals surface area contributed by atoms with Crippen LogP contribution in [0.5, 0.6) is 23.0 Å². The van der Waals surface area contributed by atoms with Crippen molar-refractivity contribution in [2.45, 2.75) is 111 Å². The molecule has 0 radical (unpaired) electrons. The first-order valence-electron chi connectivity index (χ1n) is 21.6. The maximum atomic E-state index is 13.9. The average Bonchev–Trinajstić information content (AvgIpc) is 3.81. The SMILES string of the molecule is [C-]#[N+]c1cn2nc(-c3cc(N=COc4ccccc4O)c(OCCCCCCCCCCCC)c(NC(=O)c4ccccc4O)c3)[nH]c2c1C(=O)OC1C(C)CC(C)CC1C. The van der Waals surface area contributed by atoms with Crippen LogP contribution in [0, 0.1) is 24.3 Å². The van der Waals surface area contributed by atoms with Crippen LogP contribution in [0.25, 0.3) is 21.9 Å². The van der Waals surface area contributed by atoms with Gasteiger partial charge in [0, 0.05) is 11.8 Å². The van der Waals surface area contributed by atoms with Gasteiger partial charge in [-0.2, -0.15) is 0 Å². The molecule has 13 heteroatoms. The van der Waals surface area contributed by atoms with Gasteiger partial charge in [0.15, 0.2) is 29.5 Å². The summed E-state index contributed by atoms with van der Waals surface area (Å²) < 4.78 is 19.7. The molecular weight excluding hydrogens is 773 g/mol. The van der Waals surface area contributed by atoms with E-state index in [2.05, 4.69) is 47.8 Å². The minimum Gasteiger partial charge on any atom is -0.507 e. The number of H-pyrrole nitrogens is 1. The Morgan fingerprint density at radius 3 is 2.26 bits per heavy atom. The number of para-hydroxylation sites is 3. The number of unbranched alkanes of at least 4 members (excludes halogenated alkanes) is 9. The molecule has 13 nitrogen and oxygen atoms in total. The van der Waals surface area contributed by atoms with Gasteiger partial charge in [-0.1, -0.05) is 110 Å². The molecule has 61 heavy (non-hydrogen) atoms. The normalized spacial score (nSPS) is 17.6. The van der Waals surface area contributed by atoms with Crippen LogP contribution in [-0.2, 0) is 4.74 Å². The zero-order valence-electron chi connectivity index (χ0n) is 35.7. The molecule has 2 aromatic heterocycles. The number of benzene rings is 3. The number of hydrogen-bond acceptors (Lipinski definition) is 9. The molecule has 5 aromatic rings. The van der Waals surface area contributed by atoms with Crippen molar-refractivity contribution in [3.63, 3.8) is 0 Å². The summed E-state index contributed by atoms with van der Waals surface area (Å²) in [5, 5.41) is 28.5. The molecule has 4 N–H and O–H groups in total. The molecule has 1 amide bonds. The number of aromatic nitrogens is 3. The number of phenols is 2. The Kier molecular flexibility index (Phi) is 15.5. The lowest BCUT2D eigenvalue weighted by Crippen LogP contribution is -2.37. The number of ether oxygens (including phenoxy) is 3. The Bertz CT molecular complexity index is 2330. The second kappa shape index (κ2) is 21.3. The average molecular weight is 831 g/mol. The highest BCUT2D eigenvalue weighted by molar-refractivity contribution is 6.08. The number of aromatic hydroxyl groups is 2. The molecule has 0 bridgehead atoms. The van der Waals surface area contributed by atoms with E-state index in [1.54, 1.807) is 42.5 Å². The number of aromatic amines is 1. The monoisotopic (exact) mass is 830 g/mol. The number of anilines is 1. The van der Waals surface area contributed by atoms with Gasteiger partial charge in [-0.05, 0) is 73.4 Å². The van der Waals surface area contributed by atoms with Gasteiger partial charge in [0.1, 0.15) is 28.8 Å². The molecule has 1 fully saturated rings. The number of nitrogens with one attached hydrogen (secondary N) is 2. The van der Waals surface area contributed by atoms with Crippen LogP contribution < -0.4 is 14.8 Å². The smallest absolute Gasteiger partial charge is 0.331 e. The number of amides is 1. The lowest BCUT2D eigenvalue weighted by Gasteiger charge is -2.37. The van der Waals surface area contributed by atoms with Gasteiger partial charge in [0.2, 0.25) is 5.69 Å². The molecule has 1 saturated carbocycles. The Labute approximate surface area is 358 Å². The highest BCUT2D eigenvalue weighted by Crippen LogP contribution is 2.42. The highest BCUT2D eigenvalue weighted by Gasteiger charge is 2.36. The molecule has 2 unspecified atom stereocenters. The summed E-state index contributed by atoms with van der Waals surface area (Å²) >= 11 is 0. The third kappa shape index (κ3) is 11.3. The zero-order valence-corrected chi connectivity index (χ0v) is 35.7. The first-order valence-corrected chi connectivity index (χ1v) is 21.6. The van der Waals surface area contributed by atoms with Crippen molar-refractivity contribution in [3.8, 4) is 34.4 Å². The van der Waals surface area contributed by atoms with E-state index in [4.69, 9.17) is 25.9 Å². The lowest BCUT2D eigenvalue weighted by atomic mass is 9.75.